The second-order valence-electron chi connectivity index (χ2n) is 6.47. The number of aromatic nitrogens is 2. The summed E-state index contributed by atoms with van der Waals surface area (Å²) in [6.45, 7) is 2.04. The molecule has 0 saturated heterocycles. The number of nitrogens with zero attached hydrogens (tertiary/aromatic N) is 2. The van der Waals surface area contributed by atoms with Crippen LogP contribution in [0.3, 0.4) is 0 Å². The summed E-state index contributed by atoms with van der Waals surface area (Å²) in [4.78, 5) is 30.8. The van der Waals surface area contributed by atoms with E-state index in [-0.39, 0.29) is 0 Å². The number of amides is 1. The molecule has 1 aromatic heterocycles. The number of para-hydroxylation sites is 1. The Morgan fingerprint density at radius 2 is 1.92 bits per heavy atom. The Labute approximate surface area is 155 Å². The summed E-state index contributed by atoms with van der Waals surface area (Å²) < 4.78 is 0. The van der Waals surface area contributed by atoms with Crippen LogP contribution in [0, 0.1) is 0 Å². The van der Waals surface area contributed by atoms with Crippen molar-refractivity contribution < 1.29 is 9.59 Å². The van der Waals surface area contributed by atoms with Gasteiger partial charge in [0.25, 0.3) is 0 Å². The quantitative estimate of drug-likeness (QED) is 0.485. The molecule has 0 radical (unpaired) electrons. The number of unbranched alkanes of at least 4 members (excludes halogenated alkanes) is 4. The lowest BCUT2D eigenvalue weighted by molar-refractivity contribution is -0.108. The van der Waals surface area contributed by atoms with Gasteiger partial charge in [-0.25, -0.2) is 4.98 Å². The number of aromatic amines is 1. The van der Waals surface area contributed by atoms with Gasteiger partial charge in [-0.1, -0.05) is 31.0 Å². The molecular weight excluding hydrogens is 326 g/mol. The lowest BCUT2D eigenvalue weighted by atomic mass is 10.1. The molecule has 0 atom stereocenters. The van der Waals surface area contributed by atoms with Crippen molar-refractivity contribution in [2.24, 2.45) is 0 Å². The zero-order valence-electron chi connectivity index (χ0n) is 15.6. The van der Waals surface area contributed by atoms with Crippen molar-refractivity contribution in [1.82, 2.24) is 9.97 Å². The number of aldehydes is 1. The molecule has 0 saturated carbocycles. The van der Waals surface area contributed by atoms with Gasteiger partial charge in [-0.15, -0.1) is 0 Å². The Bertz CT molecular complexity index is 749. The molecule has 0 aliphatic carbocycles. The third-order valence-corrected chi connectivity index (χ3v) is 4.39. The first kappa shape index (κ1) is 19.6. The number of hydrogen-bond donors (Lipinski definition) is 1. The molecule has 0 aliphatic rings. The van der Waals surface area contributed by atoms with E-state index in [2.05, 4.69) is 16.0 Å². The first-order valence-electron chi connectivity index (χ1n) is 9.09. The van der Waals surface area contributed by atoms with Crippen molar-refractivity contribution in [3.05, 3.63) is 47.5 Å². The molecule has 0 unspecified atom stereocenters. The number of aryl methyl sites for hydroxylation is 1. The lowest BCUT2D eigenvalue weighted by Crippen LogP contribution is -2.14. The highest BCUT2D eigenvalue weighted by molar-refractivity contribution is 5.87. The highest BCUT2D eigenvalue weighted by Gasteiger charge is 2.07. The van der Waals surface area contributed by atoms with Gasteiger partial charge in [0, 0.05) is 19.9 Å². The van der Waals surface area contributed by atoms with Crippen LogP contribution in [0.1, 0.15) is 56.1 Å². The molecule has 5 heteroatoms. The van der Waals surface area contributed by atoms with Crippen LogP contribution < -0.4 is 4.90 Å². The van der Waals surface area contributed by atoms with Crippen LogP contribution in [0.25, 0.3) is 11.6 Å². The summed E-state index contributed by atoms with van der Waals surface area (Å²) in [5, 5.41) is 0. The molecule has 1 N–H and O–H groups in total. The number of carbonyl (C=O) groups excluding carboxylic acids is 2. The lowest BCUT2D eigenvalue weighted by Gasteiger charge is -2.14. The normalized spacial score (nSPS) is 11.4. The summed E-state index contributed by atoms with van der Waals surface area (Å²) in [6.07, 6.45) is 11.5. The monoisotopic (exact) mass is 353 g/mol. The number of benzene rings is 1. The first-order valence-corrected chi connectivity index (χ1v) is 9.09. The minimum absolute atomic E-state index is 0.662. The van der Waals surface area contributed by atoms with Crippen molar-refractivity contribution in [3.8, 4) is 0 Å². The van der Waals surface area contributed by atoms with Crippen LogP contribution in [0.15, 0.2) is 30.5 Å². The predicted molar refractivity (Wildman–Crippen MR) is 106 cm³/mol. The number of hydrogen-bond acceptors (Lipinski definition) is 3. The van der Waals surface area contributed by atoms with E-state index < -0.39 is 0 Å². The van der Waals surface area contributed by atoms with Gasteiger partial charge in [-0.3, -0.25) is 4.79 Å². The third-order valence-electron chi connectivity index (χ3n) is 4.39. The van der Waals surface area contributed by atoms with Gasteiger partial charge >= 0.3 is 0 Å². The summed E-state index contributed by atoms with van der Waals surface area (Å²) in [6, 6.07) is 7.81. The minimum Gasteiger partial charge on any atom is -0.342 e. The molecule has 0 aliphatic heterocycles. The molecule has 1 amide bonds. The number of nitrogens with one attached hydrogen (secondary N) is 1. The van der Waals surface area contributed by atoms with E-state index in [1.165, 1.54) is 0 Å². The fourth-order valence-electron chi connectivity index (χ4n) is 2.86. The van der Waals surface area contributed by atoms with Crippen LogP contribution in [0.5, 0.6) is 0 Å². The predicted octanol–water partition coefficient (Wildman–Crippen LogP) is 4.25. The Balaban J connectivity index is 1.99. The van der Waals surface area contributed by atoms with Crippen LogP contribution >= 0.6 is 0 Å². The Morgan fingerprint density at radius 1 is 1.15 bits per heavy atom. The summed E-state index contributed by atoms with van der Waals surface area (Å²) in [7, 11) is 1.75. The first-order chi connectivity index (χ1) is 12.7. The largest absolute Gasteiger partial charge is 0.342 e. The average Bonchev–Trinajstić information content (AvgIpc) is 3.13. The standard InChI is InChI=1S/C21H27N3O2/c1-17(14-18-10-7-8-11-20(18)24(2)16-26)19-15-22-21(23-19)12-6-4-3-5-9-13-25/h7-8,10-11,13-16H,3-6,9,12H2,1-2H3,(H,22,23)/b17-14+. The molecule has 5 nitrogen and oxygen atoms in total. The van der Waals surface area contributed by atoms with Crippen LogP contribution in [-0.4, -0.2) is 29.7 Å². The summed E-state index contributed by atoms with van der Waals surface area (Å²) in [5.74, 6) is 0.987. The summed E-state index contributed by atoms with van der Waals surface area (Å²) in [5.41, 5.74) is 3.92. The van der Waals surface area contributed by atoms with E-state index in [1.807, 2.05) is 37.4 Å². The van der Waals surface area contributed by atoms with Gasteiger partial charge in [-0.05, 0) is 43.0 Å². The Hall–Kier alpha value is -2.69. The minimum atomic E-state index is 0.662. The van der Waals surface area contributed by atoms with Crippen molar-refractivity contribution >= 4 is 30.0 Å². The molecule has 1 aromatic carbocycles. The smallest absolute Gasteiger partial charge is 0.213 e. The van der Waals surface area contributed by atoms with Gasteiger partial charge in [-0.2, -0.15) is 0 Å². The van der Waals surface area contributed by atoms with Crippen molar-refractivity contribution in [1.29, 1.82) is 0 Å². The van der Waals surface area contributed by atoms with E-state index in [0.717, 1.165) is 73.1 Å². The molecule has 2 aromatic rings. The fourth-order valence-corrected chi connectivity index (χ4v) is 2.86. The van der Waals surface area contributed by atoms with E-state index in [9.17, 15) is 9.59 Å². The molecule has 1 heterocycles. The van der Waals surface area contributed by atoms with Gasteiger partial charge in [0.15, 0.2) is 0 Å². The van der Waals surface area contributed by atoms with E-state index in [0.29, 0.717) is 6.42 Å². The van der Waals surface area contributed by atoms with Crippen LogP contribution in [0.2, 0.25) is 0 Å². The van der Waals surface area contributed by atoms with Crippen LogP contribution in [-0.2, 0) is 16.0 Å². The average molecular weight is 353 g/mol. The Kier molecular flexibility index (Phi) is 7.80. The fraction of sp³-hybridized carbons (Fsp3) is 0.381. The molecule has 26 heavy (non-hydrogen) atoms. The van der Waals surface area contributed by atoms with E-state index in [4.69, 9.17) is 0 Å². The molecule has 0 bridgehead atoms. The van der Waals surface area contributed by atoms with Gasteiger partial charge in [0.2, 0.25) is 6.41 Å². The third kappa shape index (κ3) is 5.69. The van der Waals surface area contributed by atoms with Crippen molar-refractivity contribution in [2.75, 3.05) is 11.9 Å². The van der Waals surface area contributed by atoms with Gasteiger partial charge < -0.3 is 14.7 Å². The zero-order chi connectivity index (χ0) is 18.8. The number of allylic oxidation sites excluding steroid dienone is 1. The maximum atomic E-state index is 11.1. The molecule has 2 rings (SSSR count). The number of H-pyrrole nitrogens is 1. The highest BCUT2D eigenvalue weighted by Crippen LogP contribution is 2.24. The maximum Gasteiger partial charge on any atom is 0.213 e. The highest BCUT2D eigenvalue weighted by atomic mass is 16.1. The van der Waals surface area contributed by atoms with Crippen LogP contribution in [0.4, 0.5) is 5.69 Å². The summed E-state index contributed by atoms with van der Waals surface area (Å²) >= 11 is 0. The SMILES string of the molecule is C/C(=C\c1ccccc1N(C)C=O)c1cnc(CCCCCCC=O)[nH]1. The number of anilines is 1. The van der Waals surface area contributed by atoms with Crippen molar-refractivity contribution in [3.63, 3.8) is 0 Å². The molecule has 138 valence electrons. The Morgan fingerprint density at radius 3 is 2.69 bits per heavy atom. The second-order valence-corrected chi connectivity index (χ2v) is 6.47. The van der Waals surface area contributed by atoms with Crippen molar-refractivity contribution in [2.45, 2.75) is 45.4 Å². The number of carbonyl (C=O) groups is 2. The van der Waals surface area contributed by atoms with Gasteiger partial charge in [0.1, 0.15) is 12.1 Å². The number of imidazole rings is 1. The van der Waals surface area contributed by atoms with E-state index >= 15 is 0 Å². The second kappa shape index (κ2) is 10.3. The zero-order valence-corrected chi connectivity index (χ0v) is 15.6. The van der Waals surface area contributed by atoms with E-state index in [1.54, 1.807) is 11.9 Å². The van der Waals surface area contributed by atoms with Gasteiger partial charge in [0.05, 0.1) is 17.6 Å². The number of rotatable bonds is 11. The topological polar surface area (TPSA) is 66.1 Å². The maximum absolute atomic E-state index is 11.1. The molecular formula is C21H27N3O2. The molecule has 0 fully saturated rings. The molecule has 0 spiro atoms.